The molecule has 1 aromatic rings. The highest BCUT2D eigenvalue weighted by atomic mass is 35.5. The predicted octanol–water partition coefficient (Wildman–Crippen LogP) is 0.843. The summed E-state index contributed by atoms with van der Waals surface area (Å²) in [6.07, 6.45) is 0. The minimum atomic E-state index is -3.72. The maximum atomic E-state index is 11.9. The minimum absolute atomic E-state index is 0.313. The van der Waals surface area contributed by atoms with Crippen LogP contribution in [-0.4, -0.2) is 44.8 Å². The number of carbonyl (C=O) groups is 1. The van der Waals surface area contributed by atoms with Gasteiger partial charge in [-0.05, 0) is 12.1 Å². The fraction of sp³-hybridized carbons (Fsp3) is 0.417. The predicted molar refractivity (Wildman–Crippen MR) is 78.0 cm³/mol. The van der Waals surface area contributed by atoms with Crippen LogP contribution >= 0.6 is 11.6 Å². The summed E-state index contributed by atoms with van der Waals surface area (Å²) in [4.78, 5) is 12.9. The molecule has 1 aliphatic heterocycles. The molecule has 1 amide bonds. The first-order valence-electron chi connectivity index (χ1n) is 6.18. The van der Waals surface area contributed by atoms with E-state index in [0.717, 1.165) is 5.69 Å². The molecule has 8 heteroatoms. The molecule has 6 nitrogen and oxygen atoms in total. The molecule has 0 aromatic heterocycles. The summed E-state index contributed by atoms with van der Waals surface area (Å²) in [5.74, 6) is -0.585. The van der Waals surface area contributed by atoms with Crippen LogP contribution in [0.25, 0.3) is 0 Å². The Morgan fingerprint density at radius 1 is 1.20 bits per heavy atom. The lowest BCUT2D eigenvalue weighted by Gasteiger charge is -2.35. The van der Waals surface area contributed by atoms with E-state index in [1.54, 1.807) is 6.07 Å². The fourth-order valence-corrected chi connectivity index (χ4v) is 3.52. The molecule has 0 spiro atoms. The molecule has 1 heterocycles. The highest BCUT2D eigenvalue weighted by molar-refractivity contribution is 7.87. The first-order valence-corrected chi connectivity index (χ1v) is 8.00. The summed E-state index contributed by atoms with van der Waals surface area (Å²) < 4.78 is 26.9. The normalized spacial score (nSPS) is 17.0. The van der Waals surface area contributed by atoms with Crippen molar-refractivity contribution < 1.29 is 13.2 Å². The van der Waals surface area contributed by atoms with Crippen LogP contribution in [0.3, 0.4) is 0 Å². The molecule has 110 valence electrons. The summed E-state index contributed by atoms with van der Waals surface area (Å²) in [6.45, 7) is 2.87. The summed E-state index contributed by atoms with van der Waals surface area (Å²) in [7, 11) is -3.72. The lowest BCUT2D eigenvalue weighted by molar-refractivity contribution is -0.117. The quantitative estimate of drug-likeness (QED) is 0.897. The van der Waals surface area contributed by atoms with Crippen LogP contribution in [-0.2, 0) is 15.0 Å². The maximum absolute atomic E-state index is 11.9. The van der Waals surface area contributed by atoms with Crippen molar-refractivity contribution in [2.24, 2.45) is 0 Å². The topological polar surface area (TPSA) is 69.7 Å². The van der Waals surface area contributed by atoms with Crippen molar-refractivity contribution in [2.75, 3.05) is 31.1 Å². The Labute approximate surface area is 123 Å². The number of benzene rings is 1. The van der Waals surface area contributed by atoms with Crippen molar-refractivity contribution in [3.63, 3.8) is 0 Å². The van der Waals surface area contributed by atoms with Crippen molar-refractivity contribution in [2.45, 2.75) is 6.92 Å². The van der Waals surface area contributed by atoms with Crippen molar-refractivity contribution in [3.05, 3.63) is 29.3 Å². The van der Waals surface area contributed by atoms with Crippen molar-refractivity contribution >= 4 is 33.4 Å². The van der Waals surface area contributed by atoms with Gasteiger partial charge in [0, 0.05) is 33.1 Å². The lowest BCUT2D eigenvalue weighted by Crippen LogP contribution is -2.52. The van der Waals surface area contributed by atoms with Crippen LogP contribution in [0, 0.1) is 0 Å². The van der Waals surface area contributed by atoms with Crippen LogP contribution in [0.1, 0.15) is 6.92 Å². The van der Waals surface area contributed by atoms with Crippen molar-refractivity contribution in [1.29, 1.82) is 0 Å². The smallest absolute Gasteiger partial charge is 0.303 e. The molecule has 0 unspecified atom stereocenters. The Morgan fingerprint density at radius 2 is 1.80 bits per heavy atom. The van der Waals surface area contributed by atoms with Gasteiger partial charge in [0.05, 0.1) is 10.7 Å². The SMILES string of the molecule is CC(=O)NS(=O)(=O)N1CCN(c2ccccc2Cl)CC1. The first-order chi connectivity index (χ1) is 9.40. The second kappa shape index (κ2) is 5.99. The number of para-hydroxylation sites is 1. The van der Waals surface area contributed by atoms with E-state index in [4.69, 9.17) is 11.6 Å². The van der Waals surface area contributed by atoms with E-state index in [9.17, 15) is 13.2 Å². The van der Waals surface area contributed by atoms with Gasteiger partial charge in [-0.3, -0.25) is 4.79 Å². The van der Waals surface area contributed by atoms with Gasteiger partial charge in [0.1, 0.15) is 0 Å². The van der Waals surface area contributed by atoms with E-state index in [-0.39, 0.29) is 0 Å². The minimum Gasteiger partial charge on any atom is -0.368 e. The third-order valence-electron chi connectivity index (χ3n) is 3.04. The van der Waals surface area contributed by atoms with Gasteiger partial charge >= 0.3 is 10.2 Å². The van der Waals surface area contributed by atoms with Crippen LogP contribution in [0.4, 0.5) is 5.69 Å². The molecule has 0 saturated carbocycles. The Bertz CT molecular complexity index is 598. The maximum Gasteiger partial charge on any atom is 0.303 e. The standard InChI is InChI=1S/C12H16ClN3O3S/c1-10(17)14-20(18,19)16-8-6-15(7-9-16)12-5-3-2-4-11(12)13/h2-5H,6-9H2,1H3,(H,14,17). The van der Waals surface area contributed by atoms with Gasteiger partial charge in [0.25, 0.3) is 0 Å². The average Bonchev–Trinajstić information content (AvgIpc) is 2.38. The zero-order valence-corrected chi connectivity index (χ0v) is 12.6. The van der Waals surface area contributed by atoms with Crippen LogP contribution in [0.15, 0.2) is 24.3 Å². The van der Waals surface area contributed by atoms with Gasteiger partial charge in [0.15, 0.2) is 0 Å². The molecular weight excluding hydrogens is 302 g/mol. The highest BCUT2D eigenvalue weighted by Gasteiger charge is 2.28. The molecule has 1 saturated heterocycles. The summed E-state index contributed by atoms with van der Waals surface area (Å²) in [5.41, 5.74) is 0.894. The molecule has 1 fully saturated rings. The number of anilines is 1. The molecule has 0 atom stereocenters. The van der Waals surface area contributed by atoms with Gasteiger partial charge < -0.3 is 4.90 Å². The van der Waals surface area contributed by atoms with Gasteiger partial charge in [-0.1, -0.05) is 23.7 Å². The highest BCUT2D eigenvalue weighted by Crippen LogP contribution is 2.26. The zero-order chi connectivity index (χ0) is 14.8. The van der Waals surface area contributed by atoms with E-state index >= 15 is 0 Å². The second-order valence-corrected chi connectivity index (χ2v) is 6.58. The largest absolute Gasteiger partial charge is 0.368 e. The molecular formula is C12H16ClN3O3S. The van der Waals surface area contributed by atoms with Gasteiger partial charge in [-0.15, -0.1) is 0 Å². The molecule has 0 aliphatic carbocycles. The fourth-order valence-electron chi connectivity index (χ4n) is 2.12. The zero-order valence-electron chi connectivity index (χ0n) is 11.0. The van der Waals surface area contributed by atoms with Crippen LogP contribution in [0.2, 0.25) is 5.02 Å². The van der Waals surface area contributed by atoms with E-state index in [1.165, 1.54) is 11.2 Å². The third kappa shape index (κ3) is 3.41. The van der Waals surface area contributed by atoms with E-state index in [0.29, 0.717) is 31.2 Å². The Hall–Kier alpha value is -1.31. The summed E-state index contributed by atoms with van der Waals surface area (Å²) in [5, 5.41) is 0.644. The Balaban J connectivity index is 2.03. The summed E-state index contributed by atoms with van der Waals surface area (Å²) in [6, 6.07) is 7.45. The molecule has 2 rings (SSSR count). The number of nitrogens with zero attached hydrogens (tertiary/aromatic N) is 2. The molecule has 1 aliphatic rings. The first kappa shape index (κ1) is 15.1. The second-order valence-electron chi connectivity index (χ2n) is 4.50. The number of carbonyl (C=O) groups excluding carboxylic acids is 1. The summed E-state index contributed by atoms with van der Waals surface area (Å²) >= 11 is 6.12. The molecule has 1 N–H and O–H groups in total. The van der Waals surface area contributed by atoms with Crippen LogP contribution in [0.5, 0.6) is 0 Å². The van der Waals surface area contributed by atoms with Gasteiger partial charge in [0.2, 0.25) is 5.91 Å². The van der Waals surface area contributed by atoms with E-state index in [2.05, 4.69) is 0 Å². The monoisotopic (exact) mass is 317 g/mol. The number of piperazine rings is 1. The average molecular weight is 318 g/mol. The third-order valence-corrected chi connectivity index (χ3v) is 4.95. The van der Waals surface area contributed by atoms with Crippen molar-refractivity contribution in [3.8, 4) is 0 Å². The van der Waals surface area contributed by atoms with Crippen LogP contribution < -0.4 is 9.62 Å². The number of amides is 1. The number of halogens is 1. The lowest BCUT2D eigenvalue weighted by atomic mass is 10.2. The van der Waals surface area contributed by atoms with Crippen molar-refractivity contribution in [1.82, 2.24) is 9.03 Å². The molecule has 0 radical (unpaired) electrons. The Kier molecular flexibility index (Phi) is 4.52. The number of nitrogens with one attached hydrogen (secondary N) is 1. The van der Waals surface area contributed by atoms with Gasteiger partial charge in [-0.2, -0.15) is 12.7 Å². The number of hydrogen-bond acceptors (Lipinski definition) is 4. The van der Waals surface area contributed by atoms with E-state index in [1.807, 2.05) is 27.8 Å². The number of hydrogen-bond donors (Lipinski definition) is 1. The molecule has 1 aromatic carbocycles. The molecule has 0 bridgehead atoms. The number of rotatable bonds is 3. The van der Waals surface area contributed by atoms with E-state index < -0.39 is 16.1 Å². The van der Waals surface area contributed by atoms with Gasteiger partial charge in [-0.25, -0.2) is 4.72 Å². The molecule has 20 heavy (non-hydrogen) atoms. The Morgan fingerprint density at radius 3 is 2.35 bits per heavy atom.